The van der Waals surface area contributed by atoms with Crippen LogP contribution in [0.5, 0.6) is 0 Å². The molecule has 1 aliphatic rings. The molecule has 1 aliphatic heterocycles. The highest BCUT2D eigenvalue weighted by molar-refractivity contribution is 6.00. The second kappa shape index (κ2) is 7.04. The number of carbonyl (C=O) groups is 2. The molecule has 2 heterocycles. The first-order chi connectivity index (χ1) is 11.9. The minimum absolute atomic E-state index is 0.120. The number of carbonyl (C=O) groups excluding carboxylic acids is 2. The van der Waals surface area contributed by atoms with E-state index in [1.807, 2.05) is 24.6 Å². The van der Waals surface area contributed by atoms with Gasteiger partial charge >= 0.3 is 0 Å². The van der Waals surface area contributed by atoms with Gasteiger partial charge in [-0.25, -0.2) is 4.39 Å². The van der Waals surface area contributed by atoms with Crippen LogP contribution >= 0.6 is 0 Å². The van der Waals surface area contributed by atoms with Crippen LogP contribution in [0, 0.1) is 25.6 Å². The predicted octanol–water partition coefficient (Wildman–Crippen LogP) is 1.81. The highest BCUT2D eigenvalue weighted by Gasteiger charge is 2.34. The van der Waals surface area contributed by atoms with Gasteiger partial charge in [-0.15, -0.1) is 0 Å². The van der Waals surface area contributed by atoms with Gasteiger partial charge in [0.2, 0.25) is 11.8 Å². The van der Waals surface area contributed by atoms with E-state index in [2.05, 4.69) is 10.4 Å². The number of nitrogens with zero attached hydrogens (tertiary/aromatic N) is 3. The molecule has 3 rings (SSSR count). The lowest BCUT2D eigenvalue weighted by Gasteiger charge is -2.16. The molecule has 132 valence electrons. The molecule has 7 heteroatoms. The second-order valence-electron chi connectivity index (χ2n) is 6.32. The van der Waals surface area contributed by atoms with Gasteiger partial charge in [0.25, 0.3) is 0 Å². The van der Waals surface area contributed by atoms with Gasteiger partial charge in [0, 0.05) is 30.9 Å². The van der Waals surface area contributed by atoms with Crippen LogP contribution in [0.4, 0.5) is 10.1 Å². The third kappa shape index (κ3) is 3.87. The Morgan fingerprint density at radius 1 is 1.32 bits per heavy atom. The number of rotatable bonds is 5. The number of hydrogen-bond acceptors (Lipinski definition) is 3. The maximum Gasteiger partial charge on any atom is 0.227 e. The fraction of sp³-hybridized carbons (Fsp3) is 0.389. The van der Waals surface area contributed by atoms with Gasteiger partial charge in [-0.1, -0.05) is 0 Å². The van der Waals surface area contributed by atoms with Crippen molar-refractivity contribution < 1.29 is 14.0 Å². The lowest BCUT2D eigenvalue weighted by Crippen LogP contribution is -2.35. The Bertz CT molecular complexity index is 785. The molecule has 0 radical (unpaired) electrons. The Kier molecular flexibility index (Phi) is 4.83. The van der Waals surface area contributed by atoms with Crippen LogP contribution in [-0.4, -0.2) is 34.7 Å². The number of anilines is 1. The number of aryl methyl sites for hydroxylation is 2. The summed E-state index contributed by atoms with van der Waals surface area (Å²) in [5.41, 5.74) is 2.61. The molecule has 2 amide bonds. The molecule has 1 saturated heterocycles. The van der Waals surface area contributed by atoms with Crippen molar-refractivity contribution in [2.45, 2.75) is 26.8 Å². The lowest BCUT2D eigenvalue weighted by molar-refractivity contribution is -0.126. The molecule has 6 nitrogen and oxygen atoms in total. The molecule has 0 saturated carbocycles. The predicted molar refractivity (Wildman–Crippen MR) is 91.6 cm³/mol. The summed E-state index contributed by atoms with van der Waals surface area (Å²) in [4.78, 5) is 26.0. The number of aromatic nitrogens is 2. The van der Waals surface area contributed by atoms with E-state index in [1.54, 1.807) is 12.1 Å². The van der Waals surface area contributed by atoms with Gasteiger partial charge in [0.15, 0.2) is 0 Å². The van der Waals surface area contributed by atoms with E-state index in [0.29, 0.717) is 25.3 Å². The zero-order chi connectivity index (χ0) is 18.0. The Labute approximate surface area is 145 Å². The summed E-state index contributed by atoms with van der Waals surface area (Å²) in [6.07, 6.45) is 0.170. The minimum atomic E-state index is -0.391. The summed E-state index contributed by atoms with van der Waals surface area (Å²) in [5.74, 6) is -1.00. The van der Waals surface area contributed by atoms with Crippen molar-refractivity contribution >= 4 is 17.5 Å². The smallest absolute Gasteiger partial charge is 0.227 e. The van der Waals surface area contributed by atoms with Crippen molar-refractivity contribution in [3.63, 3.8) is 0 Å². The second-order valence-corrected chi connectivity index (χ2v) is 6.32. The van der Waals surface area contributed by atoms with E-state index in [-0.39, 0.29) is 24.1 Å². The summed E-state index contributed by atoms with van der Waals surface area (Å²) >= 11 is 0. The van der Waals surface area contributed by atoms with Gasteiger partial charge in [-0.05, 0) is 44.2 Å². The highest BCUT2D eigenvalue weighted by Crippen LogP contribution is 2.25. The molecule has 0 aliphatic carbocycles. The fourth-order valence-corrected chi connectivity index (χ4v) is 3.08. The molecule has 1 fully saturated rings. The van der Waals surface area contributed by atoms with Crippen molar-refractivity contribution in [3.05, 3.63) is 47.5 Å². The number of benzene rings is 1. The highest BCUT2D eigenvalue weighted by atomic mass is 19.1. The van der Waals surface area contributed by atoms with Crippen LogP contribution < -0.4 is 10.2 Å². The molecule has 0 unspecified atom stereocenters. The van der Waals surface area contributed by atoms with E-state index in [9.17, 15) is 14.0 Å². The van der Waals surface area contributed by atoms with E-state index < -0.39 is 5.92 Å². The van der Waals surface area contributed by atoms with Gasteiger partial charge in [-0.2, -0.15) is 5.10 Å². The summed E-state index contributed by atoms with van der Waals surface area (Å²) < 4.78 is 14.9. The van der Waals surface area contributed by atoms with Crippen LogP contribution in [0.3, 0.4) is 0 Å². The molecule has 0 spiro atoms. The van der Waals surface area contributed by atoms with Crippen LogP contribution in [0.1, 0.15) is 17.8 Å². The van der Waals surface area contributed by atoms with Gasteiger partial charge in [0.05, 0.1) is 18.2 Å². The van der Waals surface area contributed by atoms with E-state index in [4.69, 9.17) is 0 Å². The Balaban J connectivity index is 1.54. The molecule has 0 bridgehead atoms. The summed E-state index contributed by atoms with van der Waals surface area (Å²) in [6.45, 7) is 5.26. The van der Waals surface area contributed by atoms with Crippen molar-refractivity contribution in [1.29, 1.82) is 0 Å². The van der Waals surface area contributed by atoms with Crippen LogP contribution in [0.15, 0.2) is 30.3 Å². The van der Waals surface area contributed by atoms with Crippen LogP contribution in [0.2, 0.25) is 0 Å². The quantitative estimate of drug-likeness (QED) is 0.899. The number of halogens is 1. The monoisotopic (exact) mass is 344 g/mol. The average molecular weight is 344 g/mol. The molecule has 1 atom stereocenters. The Morgan fingerprint density at radius 2 is 2.04 bits per heavy atom. The van der Waals surface area contributed by atoms with Gasteiger partial charge < -0.3 is 10.2 Å². The number of nitrogens with one attached hydrogen (secondary N) is 1. The third-order valence-corrected chi connectivity index (χ3v) is 4.36. The van der Waals surface area contributed by atoms with Crippen LogP contribution in [0.25, 0.3) is 0 Å². The van der Waals surface area contributed by atoms with Crippen molar-refractivity contribution in [1.82, 2.24) is 15.1 Å². The molecule has 1 N–H and O–H groups in total. The van der Waals surface area contributed by atoms with Crippen LogP contribution in [-0.2, 0) is 16.1 Å². The first-order valence-corrected chi connectivity index (χ1v) is 8.29. The third-order valence-electron chi connectivity index (χ3n) is 4.36. The number of amides is 2. The topological polar surface area (TPSA) is 67.2 Å². The zero-order valence-electron chi connectivity index (χ0n) is 14.3. The van der Waals surface area contributed by atoms with Crippen molar-refractivity contribution in [2.75, 3.05) is 18.0 Å². The molecule has 2 aromatic rings. The minimum Gasteiger partial charge on any atom is -0.354 e. The van der Waals surface area contributed by atoms with E-state index >= 15 is 0 Å². The average Bonchev–Trinajstić information content (AvgIpc) is 3.10. The normalized spacial score (nSPS) is 17.2. The van der Waals surface area contributed by atoms with Crippen molar-refractivity contribution in [3.8, 4) is 0 Å². The number of hydrogen-bond donors (Lipinski definition) is 1. The molecule has 1 aromatic carbocycles. The maximum atomic E-state index is 13.0. The Morgan fingerprint density at radius 3 is 2.68 bits per heavy atom. The Hall–Kier alpha value is -2.70. The summed E-state index contributed by atoms with van der Waals surface area (Å²) in [5, 5.41) is 7.22. The van der Waals surface area contributed by atoms with Crippen molar-refractivity contribution in [2.24, 2.45) is 5.92 Å². The van der Waals surface area contributed by atoms with E-state index in [0.717, 1.165) is 11.4 Å². The maximum absolute atomic E-state index is 13.0. The first kappa shape index (κ1) is 17.1. The van der Waals surface area contributed by atoms with Gasteiger partial charge in [-0.3, -0.25) is 14.3 Å². The SMILES string of the molecule is Cc1cc(C)n(CCNC(=O)[C@@H]2CC(=O)N(c3ccc(F)cc3)C2)n1. The standard InChI is InChI=1S/C18H21FN4O2/c1-12-9-13(2)23(21-12)8-7-20-18(25)14-10-17(24)22(11-14)16-5-3-15(19)4-6-16/h3-6,9,14H,7-8,10-11H2,1-2H3,(H,20,25)/t14-/m1/s1. The lowest BCUT2D eigenvalue weighted by atomic mass is 10.1. The van der Waals surface area contributed by atoms with Gasteiger partial charge in [0.1, 0.15) is 5.82 Å². The van der Waals surface area contributed by atoms with E-state index in [1.165, 1.54) is 17.0 Å². The molecule has 1 aromatic heterocycles. The molecular weight excluding hydrogens is 323 g/mol. The zero-order valence-corrected chi connectivity index (χ0v) is 14.3. The summed E-state index contributed by atoms with van der Waals surface area (Å²) in [6, 6.07) is 7.71. The first-order valence-electron chi connectivity index (χ1n) is 8.29. The fourth-order valence-electron chi connectivity index (χ4n) is 3.08. The largest absolute Gasteiger partial charge is 0.354 e. The molecule has 25 heavy (non-hydrogen) atoms. The molecular formula is C18H21FN4O2. The summed E-state index contributed by atoms with van der Waals surface area (Å²) in [7, 11) is 0.